The van der Waals surface area contributed by atoms with Gasteiger partial charge >= 0.3 is 0 Å². The third kappa shape index (κ3) is 5.99. The molecule has 0 bridgehead atoms. The monoisotopic (exact) mass is 514 g/mol. The fraction of sp³-hybridized carbons (Fsp3) is 0.679. The maximum absolute atomic E-state index is 13.7. The number of anilines is 1. The first-order valence-corrected chi connectivity index (χ1v) is 13.8. The third-order valence-corrected chi connectivity index (χ3v) is 7.97. The quantitative estimate of drug-likeness (QED) is 0.510. The van der Waals surface area contributed by atoms with Gasteiger partial charge in [0.2, 0.25) is 5.91 Å². The van der Waals surface area contributed by atoms with Crippen molar-refractivity contribution in [1.29, 1.82) is 0 Å². The number of carbonyl (C=O) groups excluding carboxylic acids is 3. The lowest BCUT2D eigenvalue weighted by Crippen LogP contribution is -2.54. The minimum atomic E-state index is -0.738. The Labute approximate surface area is 220 Å². The van der Waals surface area contributed by atoms with E-state index < -0.39 is 18.2 Å². The highest BCUT2D eigenvalue weighted by molar-refractivity contribution is 5.99. The third-order valence-electron chi connectivity index (χ3n) is 7.97. The van der Waals surface area contributed by atoms with Gasteiger partial charge < -0.3 is 24.6 Å². The number of ketones is 1. The number of amides is 2. The second kappa shape index (κ2) is 12.4. The molecule has 1 N–H and O–H groups in total. The number of carbonyl (C=O) groups is 3. The molecule has 0 saturated carbocycles. The average molecular weight is 515 g/mol. The van der Waals surface area contributed by atoms with E-state index in [9.17, 15) is 14.4 Å². The van der Waals surface area contributed by atoms with Crippen molar-refractivity contribution in [3.63, 3.8) is 0 Å². The Kier molecular flexibility index (Phi) is 9.21. The van der Waals surface area contributed by atoms with Crippen LogP contribution in [0.25, 0.3) is 0 Å². The SMILES string of the molecule is CCCN1CCN(c2ccc(C(=O)N[C@H](C(=O)N3C[C@H](OCC)[C@H]4OCC(=O)[C@H]43)[C@@H](C)CC)cc2)CC1. The highest BCUT2D eigenvalue weighted by Gasteiger charge is 2.54. The molecule has 37 heavy (non-hydrogen) atoms. The number of rotatable bonds is 10. The highest BCUT2D eigenvalue weighted by Crippen LogP contribution is 2.31. The molecule has 3 fully saturated rings. The predicted octanol–water partition coefficient (Wildman–Crippen LogP) is 1.95. The fourth-order valence-corrected chi connectivity index (χ4v) is 5.66. The molecular formula is C28H42N4O5. The molecule has 0 spiro atoms. The van der Waals surface area contributed by atoms with Gasteiger partial charge in [-0.3, -0.25) is 19.3 Å². The summed E-state index contributed by atoms with van der Waals surface area (Å²) in [4.78, 5) is 45.9. The Morgan fingerprint density at radius 3 is 2.43 bits per heavy atom. The second-order valence-corrected chi connectivity index (χ2v) is 10.4. The van der Waals surface area contributed by atoms with Crippen molar-refractivity contribution in [2.24, 2.45) is 5.92 Å². The van der Waals surface area contributed by atoms with Gasteiger partial charge in [0.15, 0.2) is 5.78 Å². The molecule has 1 aromatic carbocycles. The van der Waals surface area contributed by atoms with Crippen molar-refractivity contribution in [3.05, 3.63) is 29.8 Å². The number of nitrogens with one attached hydrogen (secondary N) is 1. The molecular weight excluding hydrogens is 472 g/mol. The molecule has 0 unspecified atom stereocenters. The molecule has 4 rings (SSSR count). The summed E-state index contributed by atoms with van der Waals surface area (Å²) in [6.07, 6.45) is 1.09. The van der Waals surface area contributed by atoms with Crippen molar-refractivity contribution < 1.29 is 23.9 Å². The Bertz CT molecular complexity index is 946. The maximum Gasteiger partial charge on any atom is 0.251 e. The number of likely N-dealkylation sites (tertiary alicyclic amines) is 1. The first kappa shape index (κ1) is 27.5. The summed E-state index contributed by atoms with van der Waals surface area (Å²) >= 11 is 0. The molecule has 3 aliphatic rings. The second-order valence-electron chi connectivity index (χ2n) is 10.4. The Balaban J connectivity index is 1.43. The Morgan fingerprint density at radius 1 is 1.11 bits per heavy atom. The van der Waals surface area contributed by atoms with Gasteiger partial charge in [-0.2, -0.15) is 0 Å². The van der Waals surface area contributed by atoms with Crippen LogP contribution in [0.15, 0.2) is 24.3 Å². The van der Waals surface area contributed by atoms with Crippen LogP contribution in [0.5, 0.6) is 0 Å². The molecule has 0 radical (unpaired) electrons. The summed E-state index contributed by atoms with van der Waals surface area (Å²) in [6.45, 7) is 14.0. The van der Waals surface area contributed by atoms with Crippen LogP contribution in [0.3, 0.4) is 0 Å². The van der Waals surface area contributed by atoms with Crippen LogP contribution in [0.1, 0.15) is 50.9 Å². The van der Waals surface area contributed by atoms with E-state index in [0.717, 1.165) is 38.4 Å². The molecule has 9 nitrogen and oxygen atoms in total. The Hall–Kier alpha value is -2.49. The minimum Gasteiger partial charge on any atom is -0.374 e. The van der Waals surface area contributed by atoms with Crippen molar-refractivity contribution in [2.75, 3.05) is 57.4 Å². The highest BCUT2D eigenvalue weighted by atomic mass is 16.6. The summed E-state index contributed by atoms with van der Waals surface area (Å²) < 4.78 is 11.4. The van der Waals surface area contributed by atoms with Crippen molar-refractivity contribution in [2.45, 2.75) is 64.8 Å². The summed E-state index contributed by atoms with van der Waals surface area (Å²) in [5.41, 5.74) is 1.62. The van der Waals surface area contributed by atoms with Crippen molar-refractivity contribution in [1.82, 2.24) is 15.1 Å². The first-order valence-electron chi connectivity index (χ1n) is 13.8. The largest absolute Gasteiger partial charge is 0.374 e. The van der Waals surface area contributed by atoms with Crippen LogP contribution in [0, 0.1) is 5.92 Å². The van der Waals surface area contributed by atoms with Gasteiger partial charge in [0, 0.05) is 44.0 Å². The molecule has 3 aliphatic heterocycles. The smallest absolute Gasteiger partial charge is 0.251 e. The summed E-state index contributed by atoms with van der Waals surface area (Å²) in [5, 5.41) is 2.98. The lowest BCUT2D eigenvalue weighted by Gasteiger charge is -2.36. The van der Waals surface area contributed by atoms with Gasteiger partial charge in [-0.05, 0) is 50.1 Å². The Morgan fingerprint density at radius 2 is 1.81 bits per heavy atom. The molecule has 5 atom stereocenters. The number of ether oxygens (including phenoxy) is 2. The standard InChI is InChI=1S/C28H42N4O5/c1-5-12-30-13-15-31(16-14-30)21-10-8-20(9-11-21)27(34)29-24(19(4)6-2)28(35)32-17-23(36-7-3)26-25(32)22(33)18-37-26/h8-11,19,23-26H,5-7,12-18H2,1-4H3,(H,29,34)/t19-,23-,24-,25+,26+/m0/s1. The van der Waals surface area contributed by atoms with Crippen LogP contribution in [0.4, 0.5) is 5.69 Å². The van der Waals surface area contributed by atoms with E-state index in [-0.39, 0.29) is 42.8 Å². The van der Waals surface area contributed by atoms with Crippen LogP contribution < -0.4 is 10.2 Å². The topological polar surface area (TPSA) is 91.4 Å². The zero-order valence-corrected chi connectivity index (χ0v) is 22.7. The first-order chi connectivity index (χ1) is 17.9. The van der Waals surface area contributed by atoms with E-state index in [0.29, 0.717) is 18.6 Å². The normalized spacial score (nSPS) is 25.7. The molecule has 3 saturated heterocycles. The summed E-state index contributed by atoms with van der Waals surface area (Å²) in [5.74, 6) is -0.748. The number of hydrogen-bond acceptors (Lipinski definition) is 7. The van der Waals surface area contributed by atoms with E-state index >= 15 is 0 Å². The molecule has 0 aromatic heterocycles. The molecule has 9 heteroatoms. The molecule has 2 amide bonds. The number of fused-ring (bicyclic) bond motifs is 1. The fourth-order valence-electron chi connectivity index (χ4n) is 5.66. The predicted molar refractivity (Wildman–Crippen MR) is 142 cm³/mol. The summed E-state index contributed by atoms with van der Waals surface area (Å²) in [7, 11) is 0. The van der Waals surface area contributed by atoms with Crippen LogP contribution >= 0.6 is 0 Å². The zero-order chi connectivity index (χ0) is 26.5. The van der Waals surface area contributed by atoms with E-state index in [1.807, 2.05) is 45.0 Å². The maximum atomic E-state index is 13.7. The summed E-state index contributed by atoms with van der Waals surface area (Å²) in [6, 6.07) is 6.23. The zero-order valence-electron chi connectivity index (χ0n) is 22.7. The average Bonchev–Trinajstić information content (AvgIpc) is 3.48. The van der Waals surface area contributed by atoms with Crippen molar-refractivity contribution >= 4 is 23.3 Å². The van der Waals surface area contributed by atoms with Crippen LogP contribution in [0.2, 0.25) is 0 Å². The number of benzene rings is 1. The van der Waals surface area contributed by atoms with Crippen molar-refractivity contribution in [3.8, 4) is 0 Å². The van der Waals surface area contributed by atoms with Gasteiger partial charge in [-0.15, -0.1) is 0 Å². The number of Topliss-reactive ketones (excluding diaryl/α,β-unsaturated/α-hetero) is 1. The minimum absolute atomic E-state index is 0.0109. The van der Waals surface area contributed by atoms with Crippen LogP contribution in [-0.2, 0) is 19.1 Å². The van der Waals surface area contributed by atoms with E-state index in [4.69, 9.17) is 9.47 Å². The van der Waals surface area contributed by atoms with Gasteiger partial charge in [-0.1, -0.05) is 27.2 Å². The number of hydrogen-bond donors (Lipinski definition) is 1. The van der Waals surface area contributed by atoms with Gasteiger partial charge in [0.1, 0.15) is 30.9 Å². The van der Waals surface area contributed by atoms with Gasteiger partial charge in [-0.25, -0.2) is 0 Å². The lowest BCUT2D eigenvalue weighted by atomic mass is 9.96. The van der Waals surface area contributed by atoms with E-state index in [1.165, 1.54) is 6.42 Å². The lowest BCUT2D eigenvalue weighted by molar-refractivity contribution is -0.139. The molecule has 0 aliphatic carbocycles. The number of nitrogens with zero attached hydrogens (tertiary/aromatic N) is 3. The number of piperazine rings is 1. The van der Waals surface area contributed by atoms with E-state index in [2.05, 4.69) is 22.0 Å². The van der Waals surface area contributed by atoms with Gasteiger partial charge in [0.05, 0.1) is 6.54 Å². The molecule has 1 aromatic rings. The molecule has 3 heterocycles. The molecule has 204 valence electrons. The van der Waals surface area contributed by atoms with Crippen LogP contribution in [-0.4, -0.2) is 104 Å². The van der Waals surface area contributed by atoms with E-state index in [1.54, 1.807) is 4.90 Å². The van der Waals surface area contributed by atoms with Gasteiger partial charge in [0.25, 0.3) is 5.91 Å².